The Hall–Kier alpha value is -2.18. The van der Waals surface area contributed by atoms with E-state index in [2.05, 4.69) is 0 Å². The molecule has 2 fully saturated rings. The summed E-state index contributed by atoms with van der Waals surface area (Å²) in [5, 5.41) is 9.51. The van der Waals surface area contributed by atoms with Crippen LogP contribution in [-0.4, -0.2) is 54.2 Å². The molecule has 2 aliphatic heterocycles. The van der Waals surface area contributed by atoms with Crippen molar-refractivity contribution in [3.8, 4) is 11.8 Å². The maximum Gasteiger partial charge on any atom is 0.494 e. The molecule has 1 aromatic rings. The lowest BCUT2D eigenvalue weighted by Crippen LogP contribution is -2.55. The number of carbonyl (C=O) groups is 1. The van der Waals surface area contributed by atoms with Crippen LogP contribution in [0.2, 0.25) is 0 Å². The number of alkyl halides is 2. The number of hydrogen-bond donors (Lipinski definition) is 0. The van der Waals surface area contributed by atoms with Crippen LogP contribution < -0.4 is 10.2 Å². The van der Waals surface area contributed by atoms with Crippen LogP contribution in [0.25, 0.3) is 0 Å². The normalized spacial score (nSPS) is 24.8. The molecule has 0 spiro atoms. The highest BCUT2D eigenvalue weighted by Crippen LogP contribution is 2.37. The van der Waals surface area contributed by atoms with E-state index in [-0.39, 0.29) is 24.3 Å². The van der Waals surface area contributed by atoms with Crippen molar-refractivity contribution in [2.45, 2.75) is 64.3 Å². The third kappa shape index (κ3) is 4.10. The van der Waals surface area contributed by atoms with Gasteiger partial charge in [0.05, 0.1) is 23.3 Å². The van der Waals surface area contributed by atoms with Crippen molar-refractivity contribution in [2.75, 3.05) is 13.1 Å². The lowest BCUT2D eigenvalue weighted by atomic mass is 9.78. The molecule has 0 radical (unpaired) electrons. The summed E-state index contributed by atoms with van der Waals surface area (Å²) in [6.07, 6.45) is -1.43. The summed E-state index contributed by atoms with van der Waals surface area (Å²) in [7, 11) is -0.665. The van der Waals surface area contributed by atoms with Crippen LogP contribution in [0.1, 0.15) is 46.6 Å². The Kier molecular flexibility index (Phi) is 5.39. The maximum atomic E-state index is 14.5. The van der Waals surface area contributed by atoms with Crippen LogP contribution in [0.3, 0.4) is 0 Å². The molecule has 3 rings (SSSR count). The van der Waals surface area contributed by atoms with Crippen LogP contribution >= 0.6 is 0 Å². The SMILES string of the molecule is CC(=O)N1CCC(Oc2ccc(B3OC(C)(C)C(C)(C)O3)cc2C#N)C(F)(F)C1. The van der Waals surface area contributed by atoms with Gasteiger partial charge in [-0.05, 0) is 45.3 Å². The zero-order chi connectivity index (χ0) is 21.6. The average molecular weight is 406 g/mol. The first-order chi connectivity index (χ1) is 13.4. The Morgan fingerprint density at radius 2 is 1.90 bits per heavy atom. The molecule has 0 bridgehead atoms. The number of likely N-dealkylation sites (tertiary alicyclic amines) is 1. The van der Waals surface area contributed by atoms with Gasteiger partial charge in [0.15, 0.2) is 6.10 Å². The fourth-order valence-corrected chi connectivity index (χ4v) is 3.35. The fraction of sp³-hybridized carbons (Fsp3) is 0.600. The van der Waals surface area contributed by atoms with Gasteiger partial charge in [0.1, 0.15) is 11.8 Å². The van der Waals surface area contributed by atoms with Crippen LogP contribution in [0.4, 0.5) is 8.78 Å². The molecule has 0 saturated carbocycles. The second kappa shape index (κ2) is 7.26. The summed E-state index contributed by atoms with van der Waals surface area (Å²) in [4.78, 5) is 12.5. The topological polar surface area (TPSA) is 71.8 Å². The van der Waals surface area contributed by atoms with E-state index in [9.17, 15) is 18.8 Å². The Balaban J connectivity index is 1.79. The Labute approximate surface area is 169 Å². The molecule has 2 heterocycles. The van der Waals surface area contributed by atoms with E-state index in [0.29, 0.717) is 5.46 Å². The van der Waals surface area contributed by atoms with Crippen LogP contribution in [-0.2, 0) is 14.1 Å². The molecule has 29 heavy (non-hydrogen) atoms. The van der Waals surface area contributed by atoms with Crippen LogP contribution in [0.15, 0.2) is 18.2 Å². The zero-order valence-electron chi connectivity index (χ0n) is 17.3. The minimum atomic E-state index is -3.21. The van der Waals surface area contributed by atoms with E-state index in [1.54, 1.807) is 12.1 Å². The van der Waals surface area contributed by atoms with Gasteiger partial charge in [-0.2, -0.15) is 5.26 Å². The number of benzene rings is 1. The first-order valence-corrected chi connectivity index (χ1v) is 9.56. The van der Waals surface area contributed by atoms with Crippen molar-refractivity contribution in [3.05, 3.63) is 23.8 Å². The Bertz CT molecular complexity index is 837. The fourth-order valence-electron chi connectivity index (χ4n) is 3.35. The zero-order valence-corrected chi connectivity index (χ0v) is 17.3. The van der Waals surface area contributed by atoms with Gasteiger partial charge in [-0.25, -0.2) is 8.78 Å². The number of ether oxygens (including phenoxy) is 1. The van der Waals surface area contributed by atoms with Crippen molar-refractivity contribution in [2.24, 2.45) is 0 Å². The second-order valence-electron chi connectivity index (χ2n) is 8.55. The average Bonchev–Trinajstić information content (AvgIpc) is 2.84. The number of amides is 1. The van der Waals surface area contributed by atoms with E-state index in [0.717, 1.165) is 4.90 Å². The second-order valence-corrected chi connectivity index (χ2v) is 8.55. The number of halogens is 2. The van der Waals surface area contributed by atoms with E-state index in [1.165, 1.54) is 13.0 Å². The number of carbonyl (C=O) groups excluding carboxylic acids is 1. The summed E-state index contributed by atoms with van der Waals surface area (Å²) in [5.74, 6) is -3.53. The first kappa shape index (κ1) is 21.5. The van der Waals surface area contributed by atoms with E-state index in [1.807, 2.05) is 33.8 Å². The van der Waals surface area contributed by atoms with Crippen molar-refractivity contribution < 1.29 is 27.6 Å². The summed E-state index contributed by atoms with van der Waals surface area (Å²) >= 11 is 0. The molecule has 1 amide bonds. The van der Waals surface area contributed by atoms with Gasteiger partial charge in [0.2, 0.25) is 5.91 Å². The quantitative estimate of drug-likeness (QED) is 0.722. The Morgan fingerprint density at radius 3 is 2.41 bits per heavy atom. The van der Waals surface area contributed by atoms with Crippen molar-refractivity contribution >= 4 is 18.5 Å². The molecule has 0 aromatic heterocycles. The molecule has 2 saturated heterocycles. The van der Waals surface area contributed by atoms with Crippen molar-refractivity contribution in [1.82, 2.24) is 4.90 Å². The predicted octanol–water partition coefficient (Wildman–Crippen LogP) is 2.49. The molecular weight excluding hydrogens is 381 g/mol. The predicted molar refractivity (Wildman–Crippen MR) is 103 cm³/mol. The summed E-state index contributed by atoms with van der Waals surface area (Å²) < 4.78 is 46.4. The number of hydrogen-bond acceptors (Lipinski definition) is 5. The van der Waals surface area contributed by atoms with Crippen LogP contribution in [0.5, 0.6) is 5.75 Å². The largest absolute Gasteiger partial charge is 0.494 e. The van der Waals surface area contributed by atoms with E-state index >= 15 is 0 Å². The lowest BCUT2D eigenvalue weighted by Gasteiger charge is -2.37. The number of nitrogens with zero attached hydrogens (tertiary/aromatic N) is 2. The summed E-state index contributed by atoms with van der Waals surface area (Å²) in [6.45, 7) is 8.44. The van der Waals surface area contributed by atoms with Gasteiger partial charge in [-0.3, -0.25) is 4.79 Å². The number of nitriles is 1. The molecule has 1 aromatic carbocycles. The Morgan fingerprint density at radius 1 is 1.28 bits per heavy atom. The van der Waals surface area contributed by atoms with Gasteiger partial charge >= 0.3 is 13.0 Å². The number of rotatable bonds is 3. The third-order valence-corrected chi connectivity index (χ3v) is 5.90. The van der Waals surface area contributed by atoms with E-state index < -0.39 is 42.8 Å². The van der Waals surface area contributed by atoms with Gasteiger partial charge in [0, 0.05) is 19.9 Å². The lowest BCUT2D eigenvalue weighted by molar-refractivity contribution is -0.158. The van der Waals surface area contributed by atoms with E-state index in [4.69, 9.17) is 14.0 Å². The smallest absolute Gasteiger partial charge is 0.483 e. The van der Waals surface area contributed by atoms with Crippen molar-refractivity contribution in [3.63, 3.8) is 0 Å². The van der Waals surface area contributed by atoms with Gasteiger partial charge in [-0.15, -0.1) is 0 Å². The molecule has 1 atom stereocenters. The first-order valence-electron chi connectivity index (χ1n) is 9.56. The molecule has 9 heteroatoms. The minimum absolute atomic E-state index is 0.0174. The van der Waals surface area contributed by atoms with Gasteiger partial charge in [0.25, 0.3) is 0 Å². The summed E-state index contributed by atoms with van der Waals surface area (Å²) in [5.41, 5.74) is -0.327. The number of piperidine rings is 1. The molecule has 156 valence electrons. The van der Waals surface area contributed by atoms with Gasteiger partial charge in [-0.1, -0.05) is 6.07 Å². The molecule has 0 aliphatic carbocycles. The molecule has 1 unspecified atom stereocenters. The highest BCUT2D eigenvalue weighted by atomic mass is 19.3. The van der Waals surface area contributed by atoms with Gasteiger partial charge < -0.3 is 18.9 Å². The standard InChI is InChI=1S/C20H25BF2N2O4/c1-13(26)25-9-8-17(20(22,23)12-25)27-16-7-6-15(10-14(16)11-24)21-28-18(2,3)19(4,5)29-21/h6-7,10,17H,8-9,12H2,1-5H3. The monoisotopic (exact) mass is 406 g/mol. The van der Waals surface area contributed by atoms with Crippen LogP contribution in [0, 0.1) is 11.3 Å². The molecule has 2 aliphatic rings. The molecular formula is C20H25BF2N2O4. The van der Waals surface area contributed by atoms with Crippen molar-refractivity contribution in [1.29, 1.82) is 5.26 Å². The molecule has 0 N–H and O–H groups in total. The highest BCUT2D eigenvalue weighted by molar-refractivity contribution is 6.62. The third-order valence-electron chi connectivity index (χ3n) is 5.90. The molecule has 6 nitrogen and oxygen atoms in total. The minimum Gasteiger partial charge on any atom is -0.483 e. The maximum absolute atomic E-state index is 14.5. The summed E-state index contributed by atoms with van der Waals surface area (Å²) in [6, 6.07) is 6.69. The highest BCUT2D eigenvalue weighted by Gasteiger charge is 2.52.